The molecule has 1 N–H and O–H groups in total. The van der Waals surface area contributed by atoms with Gasteiger partial charge in [-0.05, 0) is 13.8 Å². The molecule has 7 heteroatoms. The van der Waals surface area contributed by atoms with Gasteiger partial charge in [-0.3, -0.25) is 0 Å². The molecule has 1 aliphatic heterocycles. The largest absolute Gasteiger partial charge is 0.373 e. The molecule has 16 heavy (non-hydrogen) atoms. The fourth-order valence-corrected chi connectivity index (χ4v) is 3.34. The van der Waals surface area contributed by atoms with Gasteiger partial charge in [-0.25, -0.2) is 13.4 Å². The number of hydrogen-bond acceptors (Lipinski definition) is 4. The molecule has 1 aliphatic rings. The van der Waals surface area contributed by atoms with E-state index in [4.69, 9.17) is 4.74 Å². The summed E-state index contributed by atoms with van der Waals surface area (Å²) in [5, 5.41) is 0.133. The molecule has 6 nitrogen and oxygen atoms in total. The molecule has 0 aromatic carbocycles. The number of nitrogens with zero attached hydrogens (tertiary/aromatic N) is 2. The van der Waals surface area contributed by atoms with Crippen LogP contribution in [0, 0.1) is 0 Å². The fraction of sp³-hybridized carbons (Fsp3) is 0.667. The Morgan fingerprint density at radius 2 is 2.06 bits per heavy atom. The van der Waals surface area contributed by atoms with Crippen molar-refractivity contribution in [2.75, 3.05) is 13.1 Å². The third-order valence-electron chi connectivity index (χ3n) is 2.48. The van der Waals surface area contributed by atoms with E-state index in [0.717, 1.165) is 0 Å². The maximum atomic E-state index is 12.1. The van der Waals surface area contributed by atoms with E-state index in [-0.39, 0.29) is 17.2 Å². The number of ether oxygens (including phenoxy) is 1. The number of nitrogens with one attached hydrogen (secondary N) is 1. The maximum absolute atomic E-state index is 12.1. The second-order valence-electron chi connectivity index (χ2n) is 4.00. The van der Waals surface area contributed by atoms with Crippen LogP contribution in [0.5, 0.6) is 0 Å². The van der Waals surface area contributed by atoms with E-state index in [1.807, 2.05) is 13.8 Å². The summed E-state index contributed by atoms with van der Waals surface area (Å²) < 4.78 is 31.2. The number of morpholine rings is 1. The van der Waals surface area contributed by atoms with Crippen molar-refractivity contribution in [1.82, 2.24) is 14.3 Å². The van der Waals surface area contributed by atoms with E-state index in [9.17, 15) is 8.42 Å². The van der Waals surface area contributed by atoms with Gasteiger partial charge in [-0.15, -0.1) is 0 Å². The predicted octanol–water partition coefficient (Wildman–Crippen LogP) is 0.208. The molecule has 0 amide bonds. The van der Waals surface area contributed by atoms with E-state index in [1.165, 1.54) is 16.8 Å². The lowest BCUT2D eigenvalue weighted by Crippen LogP contribution is -2.48. The highest BCUT2D eigenvalue weighted by Gasteiger charge is 2.32. The Kier molecular flexibility index (Phi) is 3.00. The van der Waals surface area contributed by atoms with Crippen molar-refractivity contribution in [2.24, 2.45) is 0 Å². The quantitative estimate of drug-likeness (QED) is 0.808. The average molecular weight is 245 g/mol. The molecule has 2 heterocycles. The van der Waals surface area contributed by atoms with Crippen LogP contribution >= 0.6 is 0 Å². The van der Waals surface area contributed by atoms with E-state index in [2.05, 4.69) is 9.97 Å². The summed E-state index contributed by atoms with van der Waals surface area (Å²) in [6.45, 7) is 4.49. The Hall–Kier alpha value is -0.920. The first-order chi connectivity index (χ1) is 7.50. The summed E-state index contributed by atoms with van der Waals surface area (Å²) >= 11 is 0. The molecule has 0 spiro atoms. The van der Waals surface area contributed by atoms with Crippen LogP contribution < -0.4 is 0 Å². The minimum absolute atomic E-state index is 0.0820. The van der Waals surface area contributed by atoms with Gasteiger partial charge in [0.2, 0.25) is 0 Å². The first kappa shape index (κ1) is 11.6. The standard InChI is InChI=1S/C9H15N3O3S/c1-7-4-12(5-8(2)15-7)16(13,14)9-3-10-6-11-9/h3,6-8H,4-5H2,1-2H3,(H,10,11)/t7-,8+. The Balaban J connectivity index is 2.24. The zero-order valence-electron chi connectivity index (χ0n) is 9.25. The number of H-pyrrole nitrogens is 1. The maximum Gasteiger partial charge on any atom is 0.260 e. The number of imidazole rings is 1. The molecule has 90 valence electrons. The van der Waals surface area contributed by atoms with Gasteiger partial charge in [0.05, 0.1) is 24.7 Å². The molecule has 0 aliphatic carbocycles. The number of rotatable bonds is 2. The van der Waals surface area contributed by atoms with Crippen LogP contribution in [0.15, 0.2) is 17.6 Å². The average Bonchev–Trinajstić information content (AvgIpc) is 2.69. The minimum Gasteiger partial charge on any atom is -0.373 e. The molecular formula is C9H15N3O3S. The number of hydrogen-bond donors (Lipinski definition) is 1. The monoisotopic (exact) mass is 245 g/mol. The molecule has 0 bridgehead atoms. The molecule has 1 fully saturated rings. The number of aromatic nitrogens is 2. The van der Waals surface area contributed by atoms with Crippen molar-refractivity contribution < 1.29 is 13.2 Å². The van der Waals surface area contributed by atoms with Gasteiger partial charge in [-0.1, -0.05) is 0 Å². The predicted molar refractivity (Wildman–Crippen MR) is 57.4 cm³/mol. The number of sulfonamides is 1. The molecule has 0 unspecified atom stereocenters. The van der Waals surface area contributed by atoms with Gasteiger partial charge in [0.1, 0.15) is 0 Å². The van der Waals surface area contributed by atoms with Crippen molar-refractivity contribution in [1.29, 1.82) is 0 Å². The third kappa shape index (κ3) is 2.11. The van der Waals surface area contributed by atoms with Gasteiger partial charge < -0.3 is 9.72 Å². The van der Waals surface area contributed by atoms with Gasteiger partial charge in [0.25, 0.3) is 10.0 Å². The molecule has 2 atom stereocenters. The second-order valence-corrected chi connectivity index (χ2v) is 5.90. The highest BCUT2D eigenvalue weighted by atomic mass is 32.2. The molecule has 0 saturated carbocycles. The van der Waals surface area contributed by atoms with E-state index >= 15 is 0 Å². The van der Waals surface area contributed by atoms with Crippen LogP contribution in [-0.2, 0) is 14.8 Å². The summed E-state index contributed by atoms with van der Waals surface area (Å²) in [5.74, 6) is 0. The van der Waals surface area contributed by atoms with Crippen molar-refractivity contribution in [3.63, 3.8) is 0 Å². The van der Waals surface area contributed by atoms with Crippen molar-refractivity contribution in [3.8, 4) is 0 Å². The van der Waals surface area contributed by atoms with Crippen LogP contribution in [0.1, 0.15) is 13.8 Å². The van der Waals surface area contributed by atoms with Crippen LogP contribution in [0.4, 0.5) is 0 Å². The highest BCUT2D eigenvalue weighted by Crippen LogP contribution is 2.18. The molecule has 1 aromatic heterocycles. The normalized spacial score (nSPS) is 28.1. The van der Waals surface area contributed by atoms with Crippen LogP contribution in [0.2, 0.25) is 0 Å². The van der Waals surface area contributed by atoms with E-state index < -0.39 is 10.0 Å². The van der Waals surface area contributed by atoms with Gasteiger partial charge in [-0.2, -0.15) is 4.31 Å². The Bertz CT molecular complexity index is 433. The van der Waals surface area contributed by atoms with Crippen LogP contribution in [0.3, 0.4) is 0 Å². The lowest BCUT2D eigenvalue weighted by Gasteiger charge is -2.33. The molecular weight excluding hydrogens is 230 g/mol. The second kappa shape index (κ2) is 4.15. The molecule has 2 rings (SSSR count). The Labute approximate surface area is 94.7 Å². The Morgan fingerprint density at radius 3 is 2.56 bits per heavy atom. The van der Waals surface area contributed by atoms with Crippen molar-refractivity contribution >= 4 is 10.0 Å². The minimum atomic E-state index is -3.45. The Morgan fingerprint density at radius 1 is 1.44 bits per heavy atom. The summed E-state index contributed by atoms with van der Waals surface area (Å²) in [4.78, 5) is 6.35. The summed E-state index contributed by atoms with van der Waals surface area (Å²) in [6, 6.07) is 0. The highest BCUT2D eigenvalue weighted by molar-refractivity contribution is 7.89. The zero-order chi connectivity index (χ0) is 11.8. The molecule has 0 radical (unpaired) electrons. The van der Waals surface area contributed by atoms with Gasteiger partial charge >= 0.3 is 0 Å². The van der Waals surface area contributed by atoms with Crippen molar-refractivity contribution in [3.05, 3.63) is 12.5 Å². The first-order valence-corrected chi connectivity index (χ1v) is 6.58. The van der Waals surface area contributed by atoms with Crippen LogP contribution in [-0.4, -0.2) is 48.0 Å². The summed E-state index contributed by atoms with van der Waals surface area (Å²) in [7, 11) is -3.45. The molecule has 1 aromatic rings. The van der Waals surface area contributed by atoms with Crippen molar-refractivity contribution in [2.45, 2.75) is 31.1 Å². The summed E-state index contributed by atoms with van der Waals surface area (Å²) in [6.07, 6.45) is 2.52. The van der Waals surface area contributed by atoms with Gasteiger partial charge in [0.15, 0.2) is 5.03 Å². The summed E-state index contributed by atoms with van der Waals surface area (Å²) in [5.41, 5.74) is 0. The van der Waals surface area contributed by atoms with E-state index in [1.54, 1.807) is 0 Å². The van der Waals surface area contributed by atoms with Crippen LogP contribution in [0.25, 0.3) is 0 Å². The third-order valence-corrected chi connectivity index (χ3v) is 4.23. The number of aromatic amines is 1. The topological polar surface area (TPSA) is 75.3 Å². The van der Waals surface area contributed by atoms with E-state index in [0.29, 0.717) is 13.1 Å². The lowest BCUT2D eigenvalue weighted by atomic mass is 10.3. The fourth-order valence-electron chi connectivity index (χ4n) is 1.85. The lowest BCUT2D eigenvalue weighted by molar-refractivity contribution is -0.0441. The smallest absolute Gasteiger partial charge is 0.260 e. The molecule has 1 saturated heterocycles. The first-order valence-electron chi connectivity index (χ1n) is 5.14. The SMILES string of the molecule is C[C@@H]1CN(S(=O)(=O)c2cnc[nH]2)C[C@H](C)O1. The van der Waals surface area contributed by atoms with Gasteiger partial charge in [0, 0.05) is 13.1 Å². The zero-order valence-corrected chi connectivity index (χ0v) is 10.1.